The van der Waals surface area contributed by atoms with E-state index in [2.05, 4.69) is 0 Å². The van der Waals surface area contributed by atoms with Crippen molar-refractivity contribution in [3.8, 4) is 0 Å². The summed E-state index contributed by atoms with van der Waals surface area (Å²) in [6.45, 7) is -1.53. The van der Waals surface area contributed by atoms with E-state index in [1.807, 2.05) is 6.92 Å². The van der Waals surface area contributed by atoms with E-state index in [0.717, 1.165) is 6.42 Å². The van der Waals surface area contributed by atoms with E-state index in [4.69, 9.17) is 4.74 Å². The normalized spacial score (nSPS) is 24.4. The number of hydrogen-bond acceptors (Lipinski definition) is 2. The first-order chi connectivity index (χ1) is 6.01. The molecule has 2 nitrogen and oxygen atoms in total. The molecule has 14 heavy (non-hydrogen) atoms. The van der Waals surface area contributed by atoms with Crippen molar-refractivity contribution < 1.29 is 69.1 Å². The van der Waals surface area contributed by atoms with Gasteiger partial charge in [0.15, 0.2) is 0 Å². The quantitative estimate of drug-likeness (QED) is 0.551. The minimum absolute atomic E-state index is 0. The number of morpholine rings is 1. The van der Waals surface area contributed by atoms with Gasteiger partial charge in [-0.2, -0.15) is 0 Å². The summed E-state index contributed by atoms with van der Waals surface area (Å²) >= 11 is 0. The SMILES string of the molecule is CCC1CN(C[B-](F)(F)F)CCO1.[K+]. The Labute approximate surface area is 125 Å². The topological polar surface area (TPSA) is 12.5 Å². The first-order valence-corrected chi connectivity index (χ1v) is 4.56. The molecule has 0 bridgehead atoms. The van der Waals surface area contributed by atoms with Crippen LogP contribution in [0.5, 0.6) is 0 Å². The molecule has 1 atom stereocenters. The maximum Gasteiger partial charge on any atom is 1.00 e. The first kappa shape index (κ1) is 15.4. The van der Waals surface area contributed by atoms with Gasteiger partial charge in [-0.15, -0.1) is 0 Å². The zero-order chi connectivity index (χ0) is 9.90. The Morgan fingerprint density at radius 2 is 2.07 bits per heavy atom. The molecule has 1 aliphatic rings. The van der Waals surface area contributed by atoms with Gasteiger partial charge >= 0.3 is 58.4 Å². The first-order valence-electron chi connectivity index (χ1n) is 4.56. The zero-order valence-electron chi connectivity index (χ0n) is 8.68. The van der Waals surface area contributed by atoms with Gasteiger partial charge in [0, 0.05) is 13.1 Å². The van der Waals surface area contributed by atoms with Crippen LogP contribution in [0.15, 0.2) is 0 Å². The molecule has 0 spiro atoms. The van der Waals surface area contributed by atoms with Gasteiger partial charge < -0.3 is 22.6 Å². The average molecular weight is 235 g/mol. The van der Waals surface area contributed by atoms with Gasteiger partial charge in [0.1, 0.15) is 0 Å². The van der Waals surface area contributed by atoms with Crippen LogP contribution in [0.25, 0.3) is 0 Å². The fourth-order valence-electron chi connectivity index (χ4n) is 1.49. The molecular weight excluding hydrogens is 221 g/mol. The van der Waals surface area contributed by atoms with Crippen LogP contribution < -0.4 is 51.4 Å². The van der Waals surface area contributed by atoms with Crippen LogP contribution in [0.4, 0.5) is 12.9 Å². The van der Waals surface area contributed by atoms with E-state index in [0.29, 0.717) is 19.7 Å². The zero-order valence-corrected chi connectivity index (χ0v) is 11.8. The van der Waals surface area contributed by atoms with Crippen molar-refractivity contribution in [3.63, 3.8) is 0 Å². The molecule has 0 radical (unpaired) electrons. The van der Waals surface area contributed by atoms with Gasteiger partial charge in [-0.1, -0.05) is 6.92 Å². The van der Waals surface area contributed by atoms with Crippen LogP contribution in [-0.4, -0.2) is 44.1 Å². The van der Waals surface area contributed by atoms with Crippen LogP contribution in [0, 0.1) is 0 Å². The second-order valence-corrected chi connectivity index (χ2v) is 3.37. The fourth-order valence-corrected chi connectivity index (χ4v) is 1.49. The molecule has 0 N–H and O–H groups in total. The molecule has 7 heteroatoms. The van der Waals surface area contributed by atoms with E-state index >= 15 is 0 Å². The summed E-state index contributed by atoms with van der Waals surface area (Å²) in [5.74, 6) is 0. The number of hydrogen-bond donors (Lipinski definition) is 0. The molecule has 1 aliphatic heterocycles. The predicted molar refractivity (Wildman–Crippen MR) is 45.5 cm³/mol. The van der Waals surface area contributed by atoms with E-state index < -0.39 is 13.4 Å². The van der Waals surface area contributed by atoms with Gasteiger partial charge in [0.05, 0.1) is 12.7 Å². The van der Waals surface area contributed by atoms with Crippen LogP contribution >= 0.6 is 0 Å². The Kier molecular flexibility index (Phi) is 7.57. The van der Waals surface area contributed by atoms with Crippen LogP contribution in [0.2, 0.25) is 0 Å². The third-order valence-corrected chi connectivity index (χ3v) is 2.14. The Bertz CT molecular complexity index is 170. The van der Waals surface area contributed by atoms with Crippen molar-refractivity contribution in [1.29, 1.82) is 0 Å². The van der Waals surface area contributed by atoms with E-state index in [1.165, 1.54) is 4.90 Å². The molecule has 1 heterocycles. The fraction of sp³-hybridized carbons (Fsp3) is 1.00. The average Bonchev–Trinajstić information content (AvgIpc) is 2.01. The molecule has 1 unspecified atom stereocenters. The van der Waals surface area contributed by atoms with E-state index in [1.54, 1.807) is 0 Å². The Morgan fingerprint density at radius 1 is 1.43 bits per heavy atom. The van der Waals surface area contributed by atoms with Crippen molar-refractivity contribution in [2.24, 2.45) is 0 Å². The van der Waals surface area contributed by atoms with E-state index in [-0.39, 0.29) is 57.5 Å². The van der Waals surface area contributed by atoms with Gasteiger partial charge in [0.25, 0.3) is 0 Å². The third-order valence-electron chi connectivity index (χ3n) is 2.14. The van der Waals surface area contributed by atoms with Crippen molar-refractivity contribution in [2.75, 3.05) is 26.1 Å². The summed E-state index contributed by atoms with van der Waals surface area (Å²) in [4.78, 5) is 1.43. The third kappa shape index (κ3) is 6.09. The summed E-state index contributed by atoms with van der Waals surface area (Å²) in [5, 5.41) is 0. The van der Waals surface area contributed by atoms with Crippen LogP contribution in [-0.2, 0) is 4.74 Å². The van der Waals surface area contributed by atoms with Crippen molar-refractivity contribution in [2.45, 2.75) is 19.4 Å². The maximum absolute atomic E-state index is 12.1. The molecule has 78 valence electrons. The monoisotopic (exact) mass is 235 g/mol. The maximum atomic E-state index is 12.1. The Balaban J connectivity index is 0.00000169. The molecule has 1 saturated heterocycles. The second-order valence-electron chi connectivity index (χ2n) is 3.37. The van der Waals surface area contributed by atoms with Gasteiger partial charge in [-0.05, 0) is 12.9 Å². The van der Waals surface area contributed by atoms with E-state index in [9.17, 15) is 12.9 Å². The number of halogens is 3. The number of nitrogens with zero attached hydrogens (tertiary/aromatic N) is 1. The summed E-state index contributed by atoms with van der Waals surface area (Å²) in [7, 11) is 0. The standard InChI is InChI=1S/C7H14BF3NO.K/c1-2-7-5-12(3-4-13-7)6-8(9,10)11;/h7H,2-6H2,1H3;/q-1;+1. The minimum Gasteiger partial charge on any atom is -0.448 e. The summed E-state index contributed by atoms with van der Waals surface area (Å²) in [5.41, 5.74) is 0. The molecule has 0 saturated carbocycles. The van der Waals surface area contributed by atoms with Gasteiger partial charge in [-0.25, -0.2) is 0 Å². The molecule has 0 aromatic carbocycles. The molecule has 0 aliphatic carbocycles. The molecule has 0 amide bonds. The van der Waals surface area contributed by atoms with Crippen molar-refractivity contribution in [3.05, 3.63) is 0 Å². The minimum atomic E-state index is -4.69. The van der Waals surface area contributed by atoms with Crippen molar-refractivity contribution in [1.82, 2.24) is 4.90 Å². The molecular formula is C7H14BF3KNO. The smallest absolute Gasteiger partial charge is 0.448 e. The number of ether oxygens (including phenoxy) is 1. The molecule has 1 fully saturated rings. The molecule has 0 aromatic rings. The second kappa shape index (κ2) is 6.88. The van der Waals surface area contributed by atoms with Crippen LogP contribution in [0.3, 0.4) is 0 Å². The molecule has 1 rings (SSSR count). The number of rotatable bonds is 3. The van der Waals surface area contributed by atoms with Gasteiger partial charge in [-0.3, -0.25) is 0 Å². The summed E-state index contributed by atoms with van der Waals surface area (Å²) in [6, 6.07) is 0. The molecule has 0 aromatic heterocycles. The van der Waals surface area contributed by atoms with Gasteiger partial charge in [0.2, 0.25) is 0 Å². The predicted octanol–water partition coefficient (Wildman–Crippen LogP) is -1.51. The summed E-state index contributed by atoms with van der Waals surface area (Å²) < 4.78 is 41.4. The largest absolute Gasteiger partial charge is 1.00 e. The summed E-state index contributed by atoms with van der Waals surface area (Å²) in [6.07, 6.45) is 0.00760. The Hall–Kier alpha value is 1.41. The van der Waals surface area contributed by atoms with Crippen LogP contribution in [0.1, 0.15) is 13.3 Å². The Morgan fingerprint density at radius 3 is 2.57 bits per heavy atom. The van der Waals surface area contributed by atoms with Crippen molar-refractivity contribution >= 4 is 6.98 Å².